The summed E-state index contributed by atoms with van der Waals surface area (Å²) < 4.78 is 4.24. The van der Waals surface area contributed by atoms with Crippen LogP contribution in [-0.4, -0.2) is 14.1 Å². The molecule has 0 amide bonds. The summed E-state index contributed by atoms with van der Waals surface area (Å²) in [6.45, 7) is 1.62. The molecule has 0 aliphatic heterocycles. The van der Waals surface area contributed by atoms with Crippen molar-refractivity contribution in [1.82, 2.24) is 14.1 Å². The van der Waals surface area contributed by atoms with E-state index >= 15 is 0 Å². The largest absolute Gasteiger partial charge is 0.346 e. The quantitative estimate of drug-likeness (QED) is 0.652. The lowest BCUT2D eigenvalue weighted by molar-refractivity contribution is 0.479. The van der Waals surface area contributed by atoms with E-state index < -0.39 is 0 Å². The Morgan fingerprint density at radius 1 is 1.16 bits per heavy atom. The predicted molar refractivity (Wildman–Crippen MR) is 76.5 cm³/mol. The molecule has 3 aromatic rings. The van der Waals surface area contributed by atoms with Gasteiger partial charge >= 0.3 is 0 Å². The second-order valence-corrected chi connectivity index (χ2v) is 4.65. The van der Waals surface area contributed by atoms with Gasteiger partial charge in [-0.1, -0.05) is 24.1 Å². The first kappa shape index (κ1) is 11.6. The minimum atomic E-state index is 0.157. The van der Waals surface area contributed by atoms with Crippen LogP contribution in [0.4, 0.5) is 0 Å². The average Bonchev–Trinajstić information content (AvgIpc) is 3.08. The van der Waals surface area contributed by atoms with E-state index in [1.54, 1.807) is 12.5 Å². The molecule has 0 aliphatic carbocycles. The number of hydrogen-bond acceptors (Lipinski definition) is 1. The van der Waals surface area contributed by atoms with Crippen molar-refractivity contribution in [1.29, 1.82) is 0 Å². The van der Waals surface area contributed by atoms with Gasteiger partial charge in [-0.25, -0.2) is 4.98 Å². The molecular weight excluding hydrogens is 234 g/mol. The Morgan fingerprint density at radius 2 is 2.05 bits per heavy atom. The number of hydrogen-bond donors (Lipinski definition) is 0. The molecule has 0 spiro atoms. The Hall–Kier alpha value is -2.47. The molecule has 0 radical (unpaired) electrons. The first-order valence-corrected chi connectivity index (χ1v) is 6.32. The minimum Gasteiger partial charge on any atom is -0.346 e. The van der Waals surface area contributed by atoms with E-state index in [1.165, 1.54) is 10.9 Å². The van der Waals surface area contributed by atoms with Crippen LogP contribution in [0.2, 0.25) is 0 Å². The molecule has 94 valence electrons. The summed E-state index contributed by atoms with van der Waals surface area (Å²) in [4.78, 5) is 4.04. The molecular formula is C16H15N3. The third-order valence-electron chi connectivity index (χ3n) is 3.32. The molecule has 1 aromatic carbocycles. The van der Waals surface area contributed by atoms with Crippen molar-refractivity contribution in [3.8, 4) is 12.3 Å². The highest BCUT2D eigenvalue weighted by Crippen LogP contribution is 2.17. The standard InChI is InChI=1S/C16H15N3/c1-2-14(11-18-10-8-17-13-18)12-19-9-7-15-5-3-4-6-16(15)19/h1,3-10,13-14H,11-12H2. The Morgan fingerprint density at radius 3 is 2.84 bits per heavy atom. The van der Waals surface area contributed by atoms with Crippen molar-refractivity contribution in [3.63, 3.8) is 0 Å². The van der Waals surface area contributed by atoms with E-state index in [4.69, 9.17) is 6.42 Å². The highest BCUT2D eigenvalue weighted by atomic mass is 15.0. The summed E-state index contributed by atoms with van der Waals surface area (Å²) in [6, 6.07) is 10.5. The van der Waals surface area contributed by atoms with Crippen LogP contribution in [0.3, 0.4) is 0 Å². The third-order valence-corrected chi connectivity index (χ3v) is 3.32. The molecule has 0 aliphatic rings. The minimum absolute atomic E-state index is 0.157. The van der Waals surface area contributed by atoms with Crippen LogP contribution in [0.5, 0.6) is 0 Å². The lowest BCUT2D eigenvalue weighted by Crippen LogP contribution is -2.14. The summed E-state index contributed by atoms with van der Waals surface area (Å²) in [5.74, 6) is 3.03. The van der Waals surface area contributed by atoms with Gasteiger partial charge in [-0.2, -0.15) is 0 Å². The molecule has 3 heteroatoms. The van der Waals surface area contributed by atoms with E-state index in [2.05, 4.69) is 52.0 Å². The zero-order chi connectivity index (χ0) is 13.1. The Labute approximate surface area is 112 Å². The molecule has 0 saturated heterocycles. The highest BCUT2D eigenvalue weighted by molar-refractivity contribution is 5.79. The van der Waals surface area contributed by atoms with E-state index in [1.807, 2.05) is 10.8 Å². The van der Waals surface area contributed by atoms with E-state index in [0.717, 1.165) is 13.1 Å². The zero-order valence-corrected chi connectivity index (χ0v) is 10.6. The molecule has 19 heavy (non-hydrogen) atoms. The summed E-state index contributed by atoms with van der Waals surface area (Å²) in [7, 11) is 0. The predicted octanol–water partition coefficient (Wildman–Crippen LogP) is 2.79. The van der Waals surface area contributed by atoms with Gasteiger partial charge in [0, 0.05) is 37.2 Å². The third kappa shape index (κ3) is 2.38. The van der Waals surface area contributed by atoms with Crippen LogP contribution in [0.25, 0.3) is 10.9 Å². The molecule has 2 heterocycles. The first-order chi connectivity index (χ1) is 9.36. The van der Waals surface area contributed by atoms with Crippen molar-refractivity contribution >= 4 is 10.9 Å². The monoisotopic (exact) mass is 249 g/mol. The summed E-state index contributed by atoms with van der Waals surface area (Å²) in [5, 5.41) is 1.25. The van der Waals surface area contributed by atoms with Gasteiger partial charge in [0.2, 0.25) is 0 Å². The maximum atomic E-state index is 5.65. The molecule has 2 aromatic heterocycles. The zero-order valence-electron chi connectivity index (χ0n) is 10.6. The molecule has 0 bridgehead atoms. The van der Waals surface area contributed by atoms with Crippen molar-refractivity contribution in [2.75, 3.05) is 0 Å². The topological polar surface area (TPSA) is 22.8 Å². The lowest BCUT2D eigenvalue weighted by Gasteiger charge is -2.13. The maximum Gasteiger partial charge on any atom is 0.0946 e. The number of aromatic nitrogens is 3. The molecule has 1 atom stereocenters. The van der Waals surface area contributed by atoms with Gasteiger partial charge in [-0.3, -0.25) is 0 Å². The maximum absolute atomic E-state index is 5.65. The smallest absolute Gasteiger partial charge is 0.0946 e. The van der Waals surface area contributed by atoms with Gasteiger partial charge in [0.05, 0.1) is 12.2 Å². The van der Waals surface area contributed by atoms with Crippen LogP contribution in [0, 0.1) is 18.3 Å². The molecule has 3 rings (SSSR count). The second-order valence-electron chi connectivity index (χ2n) is 4.65. The number of benzene rings is 1. The molecule has 0 saturated carbocycles. The van der Waals surface area contributed by atoms with Gasteiger partial charge in [-0.05, 0) is 17.5 Å². The fourth-order valence-electron chi connectivity index (χ4n) is 2.35. The van der Waals surface area contributed by atoms with E-state index in [9.17, 15) is 0 Å². The lowest BCUT2D eigenvalue weighted by atomic mass is 10.1. The fourth-order valence-corrected chi connectivity index (χ4v) is 2.35. The van der Waals surface area contributed by atoms with Crippen molar-refractivity contribution in [2.45, 2.75) is 13.1 Å². The summed E-state index contributed by atoms with van der Waals surface area (Å²) >= 11 is 0. The number of fused-ring (bicyclic) bond motifs is 1. The van der Waals surface area contributed by atoms with Crippen LogP contribution >= 0.6 is 0 Å². The normalized spacial score (nSPS) is 12.4. The Balaban J connectivity index is 1.81. The highest BCUT2D eigenvalue weighted by Gasteiger charge is 2.08. The van der Waals surface area contributed by atoms with Crippen molar-refractivity contribution in [2.24, 2.45) is 5.92 Å². The molecule has 0 fully saturated rings. The van der Waals surface area contributed by atoms with Crippen LogP contribution in [-0.2, 0) is 13.1 Å². The fraction of sp³-hybridized carbons (Fsp3) is 0.188. The van der Waals surface area contributed by atoms with Crippen molar-refractivity contribution in [3.05, 3.63) is 55.2 Å². The summed E-state index contributed by atoms with van der Waals surface area (Å²) in [6.07, 6.45) is 13.3. The Kier molecular flexibility index (Phi) is 3.07. The molecule has 1 unspecified atom stereocenters. The number of nitrogens with zero attached hydrogens (tertiary/aromatic N) is 3. The summed E-state index contributed by atoms with van der Waals surface area (Å²) in [5.41, 5.74) is 1.23. The Bertz CT molecular complexity index is 701. The van der Waals surface area contributed by atoms with E-state index in [0.29, 0.717) is 0 Å². The van der Waals surface area contributed by atoms with Gasteiger partial charge in [0.15, 0.2) is 0 Å². The van der Waals surface area contributed by atoms with Gasteiger partial charge in [0.1, 0.15) is 0 Å². The number of para-hydroxylation sites is 1. The SMILES string of the molecule is C#CC(Cn1ccnc1)Cn1ccc2ccccc21. The average molecular weight is 249 g/mol. The molecule has 0 N–H and O–H groups in total. The van der Waals surface area contributed by atoms with Crippen LogP contribution in [0.1, 0.15) is 0 Å². The van der Waals surface area contributed by atoms with Gasteiger partial charge in [-0.15, -0.1) is 6.42 Å². The van der Waals surface area contributed by atoms with Gasteiger partial charge < -0.3 is 9.13 Å². The first-order valence-electron chi connectivity index (χ1n) is 6.32. The number of terminal acetylenes is 1. The second kappa shape index (κ2) is 5.03. The number of imidazole rings is 1. The van der Waals surface area contributed by atoms with Gasteiger partial charge in [0.25, 0.3) is 0 Å². The molecule has 3 nitrogen and oxygen atoms in total. The van der Waals surface area contributed by atoms with Crippen LogP contribution in [0.15, 0.2) is 55.2 Å². The van der Waals surface area contributed by atoms with Crippen molar-refractivity contribution < 1.29 is 0 Å². The van der Waals surface area contributed by atoms with Crippen LogP contribution < -0.4 is 0 Å². The number of rotatable bonds is 4. The van der Waals surface area contributed by atoms with E-state index in [-0.39, 0.29) is 5.92 Å².